The van der Waals surface area contributed by atoms with E-state index in [4.69, 9.17) is 0 Å². The van der Waals surface area contributed by atoms with Crippen molar-refractivity contribution in [1.29, 1.82) is 0 Å². The molecule has 0 saturated heterocycles. The van der Waals surface area contributed by atoms with Crippen LogP contribution in [0, 0.1) is 11.5 Å². The first-order valence-electron chi connectivity index (χ1n) is 5.53. The molecule has 0 aliphatic rings. The van der Waals surface area contributed by atoms with E-state index < -0.39 is 25.0 Å². The smallest absolute Gasteiger partial charge is 0.129 e. The van der Waals surface area contributed by atoms with Crippen molar-refractivity contribution >= 4 is 18.9 Å². The van der Waals surface area contributed by atoms with Crippen molar-refractivity contribution in [3.05, 3.63) is 30.3 Å². The summed E-state index contributed by atoms with van der Waals surface area (Å²) in [6.45, 7) is 6.34. The molecule has 0 bridgehead atoms. The summed E-state index contributed by atoms with van der Waals surface area (Å²) < 4.78 is 11.9. The van der Waals surface area contributed by atoms with Crippen LogP contribution in [0.25, 0.3) is 0 Å². The van der Waals surface area contributed by atoms with Crippen LogP contribution < -0.4 is 0 Å². The van der Waals surface area contributed by atoms with Gasteiger partial charge in [-0.3, -0.25) is 4.21 Å². The zero-order chi connectivity index (χ0) is 12.9. The minimum Gasteiger partial charge on any atom is -0.379 e. The van der Waals surface area contributed by atoms with Crippen molar-refractivity contribution in [3.8, 4) is 11.5 Å². The van der Waals surface area contributed by atoms with E-state index in [1.54, 1.807) is 12.1 Å². The summed E-state index contributed by atoms with van der Waals surface area (Å²) >= 11 is 0. The van der Waals surface area contributed by atoms with Crippen molar-refractivity contribution in [2.75, 3.05) is 5.75 Å². The van der Waals surface area contributed by atoms with Crippen LogP contribution in [-0.4, -0.2) is 29.2 Å². The average Bonchev–Trinajstić information content (AvgIpc) is 2.27. The molecule has 0 fully saturated rings. The second-order valence-electron chi connectivity index (χ2n) is 4.86. The average molecular weight is 266 g/mol. The van der Waals surface area contributed by atoms with Crippen LogP contribution >= 0.6 is 0 Å². The predicted octanol–water partition coefficient (Wildman–Crippen LogP) is 2.04. The lowest BCUT2D eigenvalue weighted by atomic mass is 10.4. The molecule has 0 radical (unpaired) electrons. The first-order chi connectivity index (χ1) is 7.88. The van der Waals surface area contributed by atoms with Crippen molar-refractivity contribution in [1.82, 2.24) is 0 Å². The first-order valence-corrected chi connectivity index (χ1v) is 10.3. The summed E-state index contributed by atoms with van der Waals surface area (Å²) in [5.41, 5.74) is 3.08. The van der Waals surface area contributed by atoms with E-state index in [0.717, 1.165) is 4.90 Å². The van der Waals surface area contributed by atoms with Gasteiger partial charge in [-0.2, -0.15) is 0 Å². The first kappa shape index (κ1) is 14.2. The maximum absolute atomic E-state index is 11.9. The van der Waals surface area contributed by atoms with Crippen LogP contribution in [0.15, 0.2) is 35.2 Å². The third-order valence-corrected chi connectivity index (χ3v) is 4.24. The Morgan fingerprint density at radius 1 is 1.29 bits per heavy atom. The molecular formula is C13H18O2SSi. The summed E-state index contributed by atoms with van der Waals surface area (Å²) in [6.07, 6.45) is -0.803. The van der Waals surface area contributed by atoms with Gasteiger partial charge in [0.2, 0.25) is 0 Å². The lowest BCUT2D eigenvalue weighted by Crippen LogP contribution is -2.20. The molecule has 0 aromatic heterocycles. The number of rotatable bonds is 3. The Morgan fingerprint density at radius 2 is 1.88 bits per heavy atom. The molecule has 4 heteroatoms. The second-order valence-corrected chi connectivity index (χ2v) is 11.1. The van der Waals surface area contributed by atoms with Gasteiger partial charge in [-0.25, -0.2) is 0 Å². The zero-order valence-corrected chi connectivity index (χ0v) is 12.3. The van der Waals surface area contributed by atoms with E-state index >= 15 is 0 Å². The van der Waals surface area contributed by atoms with Gasteiger partial charge in [0, 0.05) is 4.90 Å². The maximum atomic E-state index is 11.9. The Kier molecular flexibility index (Phi) is 5.13. The monoisotopic (exact) mass is 266 g/mol. The fraction of sp³-hybridized carbons (Fsp3) is 0.385. The summed E-state index contributed by atoms with van der Waals surface area (Å²) in [5.74, 6) is 2.98. The van der Waals surface area contributed by atoms with Gasteiger partial charge in [0.1, 0.15) is 14.2 Å². The lowest BCUT2D eigenvalue weighted by molar-refractivity contribution is 0.257. The Bertz CT molecular complexity index is 440. The zero-order valence-electron chi connectivity index (χ0n) is 10.4. The molecule has 1 aromatic carbocycles. The second kappa shape index (κ2) is 6.15. The molecule has 2 atom stereocenters. The van der Waals surface area contributed by atoms with Gasteiger partial charge in [0.25, 0.3) is 0 Å². The highest BCUT2D eigenvalue weighted by molar-refractivity contribution is 7.85. The van der Waals surface area contributed by atoms with Gasteiger partial charge in [-0.1, -0.05) is 43.8 Å². The number of benzene rings is 1. The van der Waals surface area contributed by atoms with Crippen molar-refractivity contribution in [2.24, 2.45) is 0 Å². The summed E-state index contributed by atoms with van der Waals surface area (Å²) in [7, 11) is -2.65. The van der Waals surface area contributed by atoms with Crippen molar-refractivity contribution in [3.63, 3.8) is 0 Å². The van der Waals surface area contributed by atoms with E-state index in [2.05, 4.69) is 31.1 Å². The maximum Gasteiger partial charge on any atom is 0.129 e. The summed E-state index contributed by atoms with van der Waals surface area (Å²) in [4.78, 5) is 0.737. The van der Waals surface area contributed by atoms with E-state index in [9.17, 15) is 9.32 Å². The van der Waals surface area contributed by atoms with Crippen LogP contribution in [0.2, 0.25) is 19.6 Å². The molecular weight excluding hydrogens is 248 g/mol. The Morgan fingerprint density at radius 3 is 2.41 bits per heavy atom. The highest BCUT2D eigenvalue weighted by atomic mass is 32.2. The molecule has 0 aliphatic carbocycles. The summed E-state index contributed by atoms with van der Waals surface area (Å²) in [5, 5.41) is 9.70. The fourth-order valence-corrected chi connectivity index (χ4v) is 2.78. The van der Waals surface area contributed by atoms with Gasteiger partial charge in [0.15, 0.2) is 0 Å². The Labute approximate surface area is 107 Å². The van der Waals surface area contributed by atoms with E-state index in [-0.39, 0.29) is 5.75 Å². The highest BCUT2D eigenvalue weighted by Crippen LogP contribution is 2.06. The van der Waals surface area contributed by atoms with Crippen molar-refractivity contribution in [2.45, 2.75) is 30.6 Å². The van der Waals surface area contributed by atoms with Gasteiger partial charge in [-0.05, 0) is 12.1 Å². The predicted molar refractivity (Wildman–Crippen MR) is 74.8 cm³/mol. The topological polar surface area (TPSA) is 37.3 Å². The van der Waals surface area contributed by atoms with Crippen LogP contribution in [0.3, 0.4) is 0 Å². The Balaban J connectivity index is 2.61. The van der Waals surface area contributed by atoms with Gasteiger partial charge in [0.05, 0.1) is 16.6 Å². The molecule has 0 amide bonds. The number of hydrogen-bond acceptors (Lipinski definition) is 2. The molecule has 0 saturated carbocycles. The fourth-order valence-electron chi connectivity index (χ4n) is 1.15. The Hall–Kier alpha value is -0.893. The molecule has 1 N–H and O–H groups in total. The summed E-state index contributed by atoms with van der Waals surface area (Å²) in [6, 6.07) is 9.16. The highest BCUT2D eigenvalue weighted by Gasteiger charge is 2.11. The van der Waals surface area contributed by atoms with Gasteiger partial charge < -0.3 is 5.11 Å². The van der Waals surface area contributed by atoms with E-state index in [1.165, 1.54) is 0 Å². The van der Waals surface area contributed by atoms with Crippen LogP contribution in [0.5, 0.6) is 0 Å². The molecule has 92 valence electrons. The SMILES string of the molecule is C[Si](C)(C)C#CC(O)CS(=O)c1ccccc1. The minimum absolute atomic E-state index is 0.182. The standard InChI is InChI=1S/C13H18O2SSi/c1-17(2,3)10-9-12(14)11-16(15)13-7-5-4-6-8-13/h4-8,12,14H,11H2,1-3H3. The quantitative estimate of drug-likeness (QED) is 0.671. The van der Waals surface area contributed by atoms with Crippen LogP contribution in [0.1, 0.15) is 0 Å². The van der Waals surface area contributed by atoms with Crippen LogP contribution in [-0.2, 0) is 10.8 Å². The molecule has 2 nitrogen and oxygen atoms in total. The van der Waals surface area contributed by atoms with Crippen LogP contribution in [0.4, 0.5) is 0 Å². The minimum atomic E-state index is -1.47. The molecule has 1 rings (SSSR count). The molecule has 0 heterocycles. The van der Waals surface area contributed by atoms with Gasteiger partial charge in [-0.15, -0.1) is 5.54 Å². The largest absolute Gasteiger partial charge is 0.379 e. The number of aliphatic hydroxyl groups excluding tert-OH is 1. The molecule has 1 aromatic rings. The molecule has 0 aliphatic heterocycles. The van der Waals surface area contributed by atoms with Crippen molar-refractivity contribution < 1.29 is 9.32 Å². The van der Waals surface area contributed by atoms with E-state index in [1.807, 2.05) is 18.2 Å². The number of aliphatic hydroxyl groups is 1. The molecule has 2 unspecified atom stereocenters. The lowest BCUT2D eigenvalue weighted by Gasteiger charge is -2.07. The molecule has 0 spiro atoms. The number of hydrogen-bond donors (Lipinski definition) is 1. The van der Waals surface area contributed by atoms with Gasteiger partial charge >= 0.3 is 0 Å². The third kappa shape index (κ3) is 5.83. The third-order valence-electron chi connectivity index (χ3n) is 1.93. The normalized spacial score (nSPS) is 14.6. The molecule has 17 heavy (non-hydrogen) atoms. The van der Waals surface area contributed by atoms with E-state index in [0.29, 0.717) is 0 Å².